The number of Topliss-reactive ketones (excluding diaryl/α,β-unsaturated/α-hetero) is 1. The van der Waals surface area contributed by atoms with Crippen LogP contribution in [0.3, 0.4) is 0 Å². The SMILES string of the molecule is CC(C)NC(CC(=O)NNc1ccccc1)C(=O)C(C)C. The lowest BCUT2D eigenvalue weighted by Gasteiger charge is -2.21. The molecule has 1 amide bonds. The third-order valence-electron chi connectivity index (χ3n) is 2.96. The third-order valence-corrected chi connectivity index (χ3v) is 2.96. The summed E-state index contributed by atoms with van der Waals surface area (Å²) in [7, 11) is 0. The van der Waals surface area contributed by atoms with Crippen molar-refractivity contribution < 1.29 is 9.59 Å². The Morgan fingerprint density at radius 1 is 1.05 bits per heavy atom. The van der Waals surface area contributed by atoms with Crippen LogP contribution in [0.2, 0.25) is 0 Å². The van der Waals surface area contributed by atoms with Crippen LogP contribution in [0.15, 0.2) is 30.3 Å². The monoisotopic (exact) mass is 291 g/mol. The molecule has 0 aliphatic heterocycles. The van der Waals surface area contributed by atoms with Crippen LogP contribution in [0.25, 0.3) is 0 Å². The predicted octanol–water partition coefficient (Wildman–Crippen LogP) is 2.11. The number of anilines is 1. The summed E-state index contributed by atoms with van der Waals surface area (Å²) in [6.45, 7) is 7.61. The summed E-state index contributed by atoms with van der Waals surface area (Å²) < 4.78 is 0. The van der Waals surface area contributed by atoms with Gasteiger partial charge in [0.05, 0.1) is 18.2 Å². The number of hydrazine groups is 1. The lowest BCUT2D eigenvalue weighted by atomic mass is 9.98. The number of carbonyl (C=O) groups is 2. The molecule has 0 aliphatic rings. The molecule has 0 heterocycles. The normalized spacial score (nSPS) is 12.3. The number of hydrogen-bond donors (Lipinski definition) is 3. The van der Waals surface area contributed by atoms with E-state index in [0.29, 0.717) is 0 Å². The smallest absolute Gasteiger partial charge is 0.240 e. The predicted molar refractivity (Wildman–Crippen MR) is 84.7 cm³/mol. The van der Waals surface area contributed by atoms with Gasteiger partial charge in [-0.2, -0.15) is 0 Å². The third kappa shape index (κ3) is 6.40. The standard InChI is InChI=1S/C16H25N3O2/c1-11(2)16(21)14(17-12(3)4)10-15(20)19-18-13-8-6-5-7-9-13/h5-9,11-12,14,17-18H,10H2,1-4H3,(H,19,20). The molecule has 5 nitrogen and oxygen atoms in total. The highest BCUT2D eigenvalue weighted by Crippen LogP contribution is 2.06. The van der Waals surface area contributed by atoms with E-state index in [1.54, 1.807) is 0 Å². The van der Waals surface area contributed by atoms with Crippen molar-refractivity contribution in [1.29, 1.82) is 0 Å². The van der Waals surface area contributed by atoms with E-state index in [9.17, 15) is 9.59 Å². The maximum absolute atomic E-state index is 12.1. The topological polar surface area (TPSA) is 70.2 Å². The number of ketones is 1. The highest BCUT2D eigenvalue weighted by molar-refractivity contribution is 5.91. The first-order valence-corrected chi connectivity index (χ1v) is 7.29. The molecule has 0 aliphatic carbocycles. The summed E-state index contributed by atoms with van der Waals surface area (Å²) in [6, 6.07) is 9.04. The molecular formula is C16H25N3O2. The zero-order valence-electron chi connectivity index (χ0n) is 13.1. The minimum Gasteiger partial charge on any atom is -0.305 e. The highest BCUT2D eigenvalue weighted by Gasteiger charge is 2.24. The average molecular weight is 291 g/mol. The summed E-state index contributed by atoms with van der Waals surface area (Å²) >= 11 is 0. The van der Waals surface area contributed by atoms with Crippen LogP contribution >= 0.6 is 0 Å². The van der Waals surface area contributed by atoms with Crippen molar-refractivity contribution in [3.05, 3.63) is 30.3 Å². The minimum absolute atomic E-state index is 0.0542. The molecule has 116 valence electrons. The summed E-state index contributed by atoms with van der Waals surface area (Å²) in [5.41, 5.74) is 6.25. The summed E-state index contributed by atoms with van der Waals surface area (Å²) in [4.78, 5) is 24.1. The fraction of sp³-hybridized carbons (Fsp3) is 0.500. The van der Waals surface area contributed by atoms with E-state index >= 15 is 0 Å². The Kier molecular flexibility index (Phi) is 6.88. The van der Waals surface area contributed by atoms with Gasteiger partial charge in [-0.15, -0.1) is 0 Å². The first kappa shape index (κ1) is 17.2. The number of para-hydroxylation sites is 1. The van der Waals surface area contributed by atoms with Crippen LogP contribution < -0.4 is 16.2 Å². The van der Waals surface area contributed by atoms with E-state index in [0.717, 1.165) is 5.69 Å². The Morgan fingerprint density at radius 2 is 1.67 bits per heavy atom. The van der Waals surface area contributed by atoms with E-state index < -0.39 is 6.04 Å². The number of nitrogens with one attached hydrogen (secondary N) is 3. The van der Waals surface area contributed by atoms with Crippen LogP contribution in [0.5, 0.6) is 0 Å². The molecule has 0 radical (unpaired) electrons. The Balaban J connectivity index is 2.53. The molecule has 5 heteroatoms. The maximum atomic E-state index is 12.1. The molecular weight excluding hydrogens is 266 g/mol. The molecule has 0 aromatic heterocycles. The summed E-state index contributed by atoms with van der Waals surface area (Å²) in [5, 5.41) is 3.15. The molecule has 21 heavy (non-hydrogen) atoms. The Bertz CT molecular complexity index is 458. The first-order chi connectivity index (χ1) is 9.90. The molecule has 0 spiro atoms. The molecule has 0 saturated heterocycles. The molecule has 1 aromatic carbocycles. The van der Waals surface area contributed by atoms with Crippen molar-refractivity contribution in [2.24, 2.45) is 5.92 Å². The van der Waals surface area contributed by atoms with Crippen LogP contribution in [0.4, 0.5) is 5.69 Å². The largest absolute Gasteiger partial charge is 0.305 e. The maximum Gasteiger partial charge on any atom is 0.240 e. The second-order valence-electron chi connectivity index (χ2n) is 5.67. The molecule has 1 atom stereocenters. The number of benzene rings is 1. The van der Waals surface area contributed by atoms with Crippen molar-refractivity contribution in [3.8, 4) is 0 Å². The van der Waals surface area contributed by atoms with Gasteiger partial charge < -0.3 is 5.32 Å². The lowest BCUT2D eigenvalue weighted by molar-refractivity contribution is -0.128. The fourth-order valence-corrected chi connectivity index (χ4v) is 1.95. The zero-order valence-corrected chi connectivity index (χ0v) is 13.1. The molecule has 0 fully saturated rings. The van der Waals surface area contributed by atoms with Crippen molar-refractivity contribution in [2.75, 3.05) is 5.43 Å². The molecule has 1 aromatic rings. The van der Waals surface area contributed by atoms with Crippen molar-refractivity contribution in [1.82, 2.24) is 10.7 Å². The quantitative estimate of drug-likeness (QED) is 0.642. The zero-order chi connectivity index (χ0) is 15.8. The van der Waals surface area contributed by atoms with Crippen LogP contribution in [-0.2, 0) is 9.59 Å². The molecule has 0 bridgehead atoms. The molecule has 1 unspecified atom stereocenters. The van der Waals surface area contributed by atoms with E-state index in [-0.39, 0.29) is 30.1 Å². The fourth-order valence-electron chi connectivity index (χ4n) is 1.95. The number of amides is 1. The van der Waals surface area contributed by atoms with Gasteiger partial charge >= 0.3 is 0 Å². The molecule has 3 N–H and O–H groups in total. The van der Waals surface area contributed by atoms with Crippen LogP contribution in [0.1, 0.15) is 34.1 Å². The van der Waals surface area contributed by atoms with Crippen molar-refractivity contribution >= 4 is 17.4 Å². The van der Waals surface area contributed by atoms with Crippen LogP contribution in [0, 0.1) is 5.92 Å². The number of hydrogen-bond acceptors (Lipinski definition) is 4. The van der Waals surface area contributed by atoms with Gasteiger partial charge in [0.2, 0.25) is 5.91 Å². The van der Waals surface area contributed by atoms with Gasteiger partial charge in [-0.05, 0) is 12.1 Å². The van der Waals surface area contributed by atoms with E-state index in [1.165, 1.54) is 0 Å². The second-order valence-corrected chi connectivity index (χ2v) is 5.67. The Hall–Kier alpha value is -1.88. The van der Waals surface area contributed by atoms with Gasteiger partial charge in [0.25, 0.3) is 0 Å². The van der Waals surface area contributed by atoms with E-state index in [4.69, 9.17) is 0 Å². The Labute approximate surface area is 126 Å². The second kappa shape index (κ2) is 8.42. The van der Waals surface area contributed by atoms with Gasteiger partial charge in [-0.1, -0.05) is 45.9 Å². The van der Waals surface area contributed by atoms with Gasteiger partial charge in [-0.25, -0.2) is 0 Å². The number of carbonyl (C=O) groups excluding carboxylic acids is 2. The van der Waals surface area contributed by atoms with Gasteiger partial charge in [0.15, 0.2) is 5.78 Å². The number of rotatable bonds is 8. The average Bonchev–Trinajstić information content (AvgIpc) is 2.44. The lowest BCUT2D eigenvalue weighted by Crippen LogP contribution is -2.46. The van der Waals surface area contributed by atoms with E-state index in [1.807, 2.05) is 58.0 Å². The molecule has 0 saturated carbocycles. The van der Waals surface area contributed by atoms with Gasteiger partial charge in [0.1, 0.15) is 0 Å². The van der Waals surface area contributed by atoms with Crippen molar-refractivity contribution in [3.63, 3.8) is 0 Å². The summed E-state index contributed by atoms with van der Waals surface area (Å²) in [6.07, 6.45) is 0.120. The highest BCUT2D eigenvalue weighted by atomic mass is 16.2. The Morgan fingerprint density at radius 3 is 2.19 bits per heavy atom. The van der Waals surface area contributed by atoms with E-state index in [2.05, 4.69) is 16.2 Å². The molecule has 1 rings (SSSR count). The summed E-state index contributed by atoms with van der Waals surface area (Å²) in [5.74, 6) is -0.263. The first-order valence-electron chi connectivity index (χ1n) is 7.29. The minimum atomic E-state index is -0.456. The van der Waals surface area contributed by atoms with Gasteiger partial charge in [0, 0.05) is 12.0 Å². The van der Waals surface area contributed by atoms with Gasteiger partial charge in [-0.3, -0.25) is 20.4 Å². The van der Waals surface area contributed by atoms with Crippen molar-refractivity contribution in [2.45, 2.75) is 46.2 Å². The van der Waals surface area contributed by atoms with Crippen LogP contribution in [-0.4, -0.2) is 23.8 Å².